The van der Waals surface area contributed by atoms with Crippen LogP contribution in [0.4, 0.5) is 4.79 Å². The van der Waals surface area contributed by atoms with Crippen LogP contribution in [0.25, 0.3) is 0 Å². The summed E-state index contributed by atoms with van der Waals surface area (Å²) in [6, 6.07) is 0.392. The van der Waals surface area contributed by atoms with E-state index in [1.54, 1.807) is 4.90 Å². The molecule has 1 amide bonds. The lowest BCUT2D eigenvalue weighted by Gasteiger charge is -2.26. The van der Waals surface area contributed by atoms with E-state index in [1.165, 1.54) is 12.8 Å². The summed E-state index contributed by atoms with van der Waals surface area (Å²) in [4.78, 5) is 13.1. The predicted molar refractivity (Wildman–Crippen MR) is 54.6 cm³/mol. The average Bonchev–Trinajstić information content (AvgIpc) is 2.61. The van der Waals surface area contributed by atoms with Crippen molar-refractivity contribution in [3.05, 3.63) is 0 Å². The van der Waals surface area contributed by atoms with Gasteiger partial charge in [0.25, 0.3) is 0 Å². The van der Waals surface area contributed by atoms with E-state index in [1.807, 2.05) is 0 Å². The van der Waals surface area contributed by atoms with Crippen molar-refractivity contribution in [3.8, 4) is 0 Å². The van der Waals surface area contributed by atoms with Crippen LogP contribution in [0, 0.1) is 0 Å². The first-order valence-corrected chi connectivity index (χ1v) is 5.59. The van der Waals surface area contributed by atoms with Crippen molar-refractivity contribution in [2.45, 2.75) is 31.4 Å². The fourth-order valence-corrected chi connectivity index (χ4v) is 2.16. The second-order valence-electron chi connectivity index (χ2n) is 4.24. The van der Waals surface area contributed by atoms with Crippen LogP contribution in [0.2, 0.25) is 0 Å². The van der Waals surface area contributed by atoms with Crippen molar-refractivity contribution < 1.29 is 14.6 Å². The highest BCUT2D eigenvalue weighted by Crippen LogP contribution is 2.14. The summed E-state index contributed by atoms with van der Waals surface area (Å²) < 4.78 is 4.97. The van der Waals surface area contributed by atoms with Gasteiger partial charge in [0.1, 0.15) is 6.10 Å². The van der Waals surface area contributed by atoms with E-state index in [4.69, 9.17) is 9.84 Å². The molecule has 0 aromatic rings. The number of piperidine rings is 1. The molecular formula is C10H18N2O3. The van der Waals surface area contributed by atoms with Gasteiger partial charge >= 0.3 is 6.09 Å². The quantitative estimate of drug-likeness (QED) is 0.691. The van der Waals surface area contributed by atoms with Crippen molar-refractivity contribution in [2.75, 3.05) is 26.2 Å². The summed E-state index contributed by atoms with van der Waals surface area (Å²) in [5.74, 6) is 0. The molecule has 86 valence electrons. The third-order valence-corrected chi connectivity index (χ3v) is 3.01. The van der Waals surface area contributed by atoms with Gasteiger partial charge in [-0.3, -0.25) is 0 Å². The lowest BCUT2D eigenvalue weighted by Crippen LogP contribution is -2.44. The molecule has 5 heteroatoms. The second-order valence-corrected chi connectivity index (χ2v) is 4.24. The molecule has 0 aliphatic carbocycles. The Labute approximate surface area is 89.4 Å². The van der Waals surface area contributed by atoms with Gasteiger partial charge in [-0.2, -0.15) is 0 Å². The summed E-state index contributed by atoms with van der Waals surface area (Å²) in [5.41, 5.74) is 0. The first-order valence-electron chi connectivity index (χ1n) is 5.59. The topological polar surface area (TPSA) is 61.8 Å². The van der Waals surface area contributed by atoms with Gasteiger partial charge in [0.05, 0.1) is 13.2 Å². The van der Waals surface area contributed by atoms with Crippen molar-refractivity contribution in [3.63, 3.8) is 0 Å². The maximum atomic E-state index is 11.4. The van der Waals surface area contributed by atoms with Gasteiger partial charge in [0.2, 0.25) is 0 Å². The Morgan fingerprint density at radius 1 is 1.53 bits per heavy atom. The van der Waals surface area contributed by atoms with Crippen LogP contribution in [-0.4, -0.2) is 54.5 Å². The largest absolute Gasteiger partial charge is 0.442 e. The number of hydrogen-bond acceptors (Lipinski definition) is 4. The number of nitrogens with zero attached hydrogens (tertiary/aromatic N) is 1. The standard InChI is InChI=1S/C10H18N2O3/c13-7-9-6-12(10(14)15-9)5-8-3-1-2-4-11-8/h8-9,11,13H,1-7H2/t8?,9-/m1/s1. The van der Waals surface area contributed by atoms with E-state index < -0.39 is 0 Å². The van der Waals surface area contributed by atoms with Gasteiger partial charge in [-0.05, 0) is 19.4 Å². The number of nitrogens with one attached hydrogen (secondary N) is 1. The summed E-state index contributed by atoms with van der Waals surface area (Å²) in [6.07, 6.45) is 2.94. The monoisotopic (exact) mass is 214 g/mol. The number of carbonyl (C=O) groups excluding carboxylic acids is 1. The zero-order valence-electron chi connectivity index (χ0n) is 8.82. The summed E-state index contributed by atoms with van der Waals surface area (Å²) in [7, 11) is 0. The molecule has 0 saturated carbocycles. The zero-order valence-corrected chi connectivity index (χ0v) is 8.82. The van der Waals surface area contributed by atoms with E-state index in [0.717, 1.165) is 13.0 Å². The molecule has 0 bridgehead atoms. The zero-order chi connectivity index (χ0) is 10.7. The maximum absolute atomic E-state index is 11.4. The van der Waals surface area contributed by atoms with Crippen molar-refractivity contribution in [1.29, 1.82) is 0 Å². The van der Waals surface area contributed by atoms with Gasteiger partial charge in [0.15, 0.2) is 0 Å². The Balaban J connectivity index is 1.81. The van der Waals surface area contributed by atoms with Gasteiger partial charge in [-0.1, -0.05) is 6.42 Å². The Hall–Kier alpha value is -0.810. The molecule has 0 aromatic heterocycles. The highest BCUT2D eigenvalue weighted by molar-refractivity contribution is 5.69. The molecule has 0 radical (unpaired) electrons. The highest BCUT2D eigenvalue weighted by Gasteiger charge is 2.32. The highest BCUT2D eigenvalue weighted by atomic mass is 16.6. The summed E-state index contributed by atoms with van der Waals surface area (Å²) >= 11 is 0. The second kappa shape index (κ2) is 4.81. The van der Waals surface area contributed by atoms with Crippen LogP contribution in [0.5, 0.6) is 0 Å². The molecule has 2 rings (SSSR count). The lowest BCUT2D eigenvalue weighted by atomic mass is 10.0. The number of aliphatic hydroxyl groups excluding tert-OH is 1. The summed E-state index contributed by atoms with van der Waals surface area (Å²) in [5, 5.41) is 12.3. The Morgan fingerprint density at radius 2 is 2.40 bits per heavy atom. The SMILES string of the molecule is O=C1O[C@@H](CO)CN1CC1CCCCN1. The fourth-order valence-electron chi connectivity index (χ4n) is 2.16. The Kier molecular flexibility index (Phi) is 3.43. The molecule has 0 spiro atoms. The Morgan fingerprint density at radius 3 is 3.00 bits per heavy atom. The number of aliphatic hydroxyl groups is 1. The van der Waals surface area contributed by atoms with Crippen LogP contribution in [-0.2, 0) is 4.74 Å². The van der Waals surface area contributed by atoms with E-state index in [0.29, 0.717) is 19.1 Å². The Bertz CT molecular complexity index is 229. The normalized spacial score (nSPS) is 31.8. The van der Waals surface area contributed by atoms with Crippen molar-refractivity contribution >= 4 is 6.09 Å². The number of ether oxygens (including phenoxy) is 1. The predicted octanol–water partition coefficient (Wildman–Crippen LogP) is -0.0584. The van der Waals surface area contributed by atoms with Crippen LogP contribution in [0.15, 0.2) is 0 Å². The molecule has 2 aliphatic heterocycles. The number of carbonyl (C=O) groups is 1. The minimum absolute atomic E-state index is 0.0830. The molecule has 2 fully saturated rings. The molecule has 5 nitrogen and oxygen atoms in total. The summed E-state index contributed by atoms with van der Waals surface area (Å²) in [6.45, 7) is 2.18. The maximum Gasteiger partial charge on any atom is 0.410 e. The molecular weight excluding hydrogens is 196 g/mol. The number of cyclic esters (lactones) is 1. The molecule has 15 heavy (non-hydrogen) atoms. The van der Waals surface area contributed by atoms with Crippen molar-refractivity contribution in [2.24, 2.45) is 0 Å². The molecule has 2 atom stereocenters. The molecule has 2 saturated heterocycles. The van der Waals surface area contributed by atoms with E-state index in [2.05, 4.69) is 5.32 Å². The fraction of sp³-hybridized carbons (Fsp3) is 0.900. The molecule has 0 aromatic carbocycles. The van der Waals surface area contributed by atoms with Crippen molar-refractivity contribution in [1.82, 2.24) is 10.2 Å². The van der Waals surface area contributed by atoms with Gasteiger partial charge < -0.3 is 20.1 Å². The molecule has 2 heterocycles. The molecule has 2 aliphatic rings. The van der Waals surface area contributed by atoms with Gasteiger partial charge in [-0.15, -0.1) is 0 Å². The minimum Gasteiger partial charge on any atom is -0.442 e. The molecule has 2 N–H and O–H groups in total. The van der Waals surface area contributed by atoms with E-state index >= 15 is 0 Å². The lowest BCUT2D eigenvalue weighted by molar-refractivity contribution is 0.0945. The third kappa shape index (κ3) is 2.60. The number of rotatable bonds is 3. The van der Waals surface area contributed by atoms with E-state index in [9.17, 15) is 4.79 Å². The van der Waals surface area contributed by atoms with Crippen LogP contribution < -0.4 is 5.32 Å². The smallest absolute Gasteiger partial charge is 0.410 e. The molecule has 1 unspecified atom stereocenters. The first kappa shape index (κ1) is 10.7. The number of amides is 1. The van der Waals surface area contributed by atoms with Crippen LogP contribution >= 0.6 is 0 Å². The minimum atomic E-state index is -0.332. The third-order valence-electron chi connectivity index (χ3n) is 3.01. The van der Waals surface area contributed by atoms with Crippen LogP contribution in [0.1, 0.15) is 19.3 Å². The average molecular weight is 214 g/mol. The van der Waals surface area contributed by atoms with Gasteiger partial charge in [-0.25, -0.2) is 4.79 Å². The van der Waals surface area contributed by atoms with Gasteiger partial charge in [0, 0.05) is 12.6 Å². The van der Waals surface area contributed by atoms with E-state index in [-0.39, 0.29) is 18.8 Å². The van der Waals surface area contributed by atoms with Crippen LogP contribution in [0.3, 0.4) is 0 Å². The first-order chi connectivity index (χ1) is 7.29. The number of hydrogen-bond donors (Lipinski definition) is 2.